The normalized spacial score (nSPS) is 10.9. The number of rotatable bonds is 7. The van der Waals surface area contributed by atoms with Crippen molar-refractivity contribution in [2.24, 2.45) is 5.10 Å². The minimum atomic E-state index is 0.433. The van der Waals surface area contributed by atoms with Gasteiger partial charge in [0.15, 0.2) is 0 Å². The molecule has 1 aromatic heterocycles. The van der Waals surface area contributed by atoms with Crippen LogP contribution in [0.1, 0.15) is 11.1 Å². The minimum absolute atomic E-state index is 0.433. The predicted octanol–water partition coefficient (Wildman–Crippen LogP) is 6.49. The van der Waals surface area contributed by atoms with Crippen LogP contribution in [0.3, 0.4) is 0 Å². The summed E-state index contributed by atoms with van der Waals surface area (Å²) in [4.78, 5) is 4.55. The summed E-state index contributed by atoms with van der Waals surface area (Å²) in [6.45, 7) is 0.433. The maximum Gasteiger partial charge on any atom is 0.203 e. The Labute approximate surface area is 178 Å². The lowest BCUT2D eigenvalue weighted by Crippen LogP contribution is -1.96. The molecule has 0 bridgehead atoms. The number of hydrogen-bond acceptors (Lipinski definition) is 5. The molecule has 4 aromatic rings. The summed E-state index contributed by atoms with van der Waals surface area (Å²) < 4.78 is 5.79. The Morgan fingerprint density at radius 2 is 1.72 bits per heavy atom. The first-order valence-corrected chi connectivity index (χ1v) is 10.3. The van der Waals surface area contributed by atoms with E-state index in [4.69, 9.17) is 16.3 Å². The molecule has 1 heterocycles. The highest BCUT2D eigenvalue weighted by molar-refractivity contribution is 7.14. The first kappa shape index (κ1) is 19.2. The number of nitrogens with one attached hydrogen (secondary N) is 1. The molecule has 0 fully saturated rings. The number of aromatic nitrogens is 1. The Morgan fingerprint density at radius 1 is 0.966 bits per heavy atom. The smallest absolute Gasteiger partial charge is 0.203 e. The minimum Gasteiger partial charge on any atom is -0.489 e. The van der Waals surface area contributed by atoms with E-state index in [1.54, 1.807) is 6.21 Å². The number of hydrogen-bond donors (Lipinski definition) is 1. The Bertz CT molecular complexity index is 1090. The van der Waals surface area contributed by atoms with Crippen LogP contribution in [0.25, 0.3) is 11.3 Å². The van der Waals surface area contributed by atoms with E-state index in [-0.39, 0.29) is 0 Å². The SMILES string of the molecule is Clc1ccccc1COc1ccc(C=NNc2nc(-c3ccccc3)cs2)cc1. The fourth-order valence-corrected chi connectivity index (χ4v) is 3.51. The fraction of sp³-hybridized carbons (Fsp3) is 0.0435. The van der Waals surface area contributed by atoms with Crippen molar-refractivity contribution in [3.8, 4) is 17.0 Å². The molecule has 0 aliphatic rings. The van der Waals surface area contributed by atoms with Gasteiger partial charge in [-0.15, -0.1) is 11.3 Å². The zero-order valence-corrected chi connectivity index (χ0v) is 17.0. The number of anilines is 1. The molecule has 1 N–H and O–H groups in total. The summed E-state index contributed by atoms with van der Waals surface area (Å²) in [7, 11) is 0. The third kappa shape index (κ3) is 5.22. The molecule has 0 saturated carbocycles. The van der Waals surface area contributed by atoms with E-state index in [0.717, 1.165) is 33.3 Å². The van der Waals surface area contributed by atoms with Gasteiger partial charge < -0.3 is 4.74 Å². The molecular weight excluding hydrogens is 402 g/mol. The van der Waals surface area contributed by atoms with E-state index in [1.165, 1.54) is 11.3 Å². The van der Waals surface area contributed by atoms with Crippen molar-refractivity contribution < 1.29 is 4.74 Å². The first-order valence-electron chi connectivity index (χ1n) is 9.04. The van der Waals surface area contributed by atoms with Crippen LogP contribution < -0.4 is 10.2 Å². The van der Waals surface area contributed by atoms with Crippen molar-refractivity contribution >= 4 is 34.3 Å². The maximum absolute atomic E-state index is 6.15. The molecule has 0 unspecified atom stereocenters. The topological polar surface area (TPSA) is 46.5 Å². The molecule has 0 spiro atoms. The lowest BCUT2D eigenvalue weighted by Gasteiger charge is -2.07. The second-order valence-corrected chi connectivity index (χ2v) is 7.49. The van der Waals surface area contributed by atoms with Crippen molar-refractivity contribution in [3.63, 3.8) is 0 Å². The van der Waals surface area contributed by atoms with Gasteiger partial charge in [-0.2, -0.15) is 5.10 Å². The molecule has 0 atom stereocenters. The second-order valence-electron chi connectivity index (χ2n) is 6.22. The number of ether oxygens (including phenoxy) is 1. The molecule has 0 amide bonds. The summed E-state index contributed by atoms with van der Waals surface area (Å²) in [6.07, 6.45) is 1.75. The molecule has 0 aliphatic carbocycles. The van der Waals surface area contributed by atoms with Crippen molar-refractivity contribution in [1.82, 2.24) is 4.98 Å². The molecule has 3 aromatic carbocycles. The molecule has 6 heteroatoms. The molecule has 29 heavy (non-hydrogen) atoms. The van der Waals surface area contributed by atoms with Crippen LogP contribution in [0.15, 0.2) is 89.3 Å². The van der Waals surface area contributed by atoms with Crippen LogP contribution in [0, 0.1) is 0 Å². The van der Waals surface area contributed by atoms with Crippen LogP contribution in [0.5, 0.6) is 5.75 Å². The predicted molar refractivity (Wildman–Crippen MR) is 121 cm³/mol. The average Bonchev–Trinajstić information content (AvgIpc) is 3.24. The molecule has 0 aliphatic heterocycles. The van der Waals surface area contributed by atoms with Crippen LogP contribution in [-0.4, -0.2) is 11.2 Å². The Hall–Kier alpha value is -3.15. The van der Waals surface area contributed by atoms with Crippen LogP contribution >= 0.6 is 22.9 Å². The number of benzene rings is 3. The second kappa shape index (κ2) is 9.37. The van der Waals surface area contributed by atoms with Crippen LogP contribution in [-0.2, 0) is 6.61 Å². The Balaban J connectivity index is 1.31. The summed E-state index contributed by atoms with van der Waals surface area (Å²) in [5, 5.41) is 7.74. The van der Waals surface area contributed by atoms with Crippen molar-refractivity contribution in [1.29, 1.82) is 0 Å². The van der Waals surface area contributed by atoms with E-state index in [1.807, 2.05) is 84.2 Å². The zero-order chi connectivity index (χ0) is 19.9. The van der Waals surface area contributed by atoms with Gasteiger partial charge in [0.25, 0.3) is 0 Å². The van der Waals surface area contributed by atoms with E-state index in [9.17, 15) is 0 Å². The van der Waals surface area contributed by atoms with Gasteiger partial charge in [0, 0.05) is 21.5 Å². The van der Waals surface area contributed by atoms with Gasteiger partial charge in [0.1, 0.15) is 12.4 Å². The monoisotopic (exact) mass is 419 g/mol. The van der Waals surface area contributed by atoms with E-state index >= 15 is 0 Å². The van der Waals surface area contributed by atoms with Gasteiger partial charge >= 0.3 is 0 Å². The zero-order valence-electron chi connectivity index (χ0n) is 15.5. The fourth-order valence-electron chi connectivity index (χ4n) is 2.66. The first-order chi connectivity index (χ1) is 14.3. The standard InChI is InChI=1S/C23H18ClN3OS/c24-21-9-5-4-8-19(21)15-28-20-12-10-17(11-13-20)14-25-27-23-26-22(16-29-23)18-6-2-1-3-7-18/h1-14,16H,15H2,(H,26,27). The molecule has 0 saturated heterocycles. The highest BCUT2D eigenvalue weighted by Crippen LogP contribution is 2.24. The maximum atomic E-state index is 6.15. The average molecular weight is 420 g/mol. The molecule has 144 valence electrons. The summed E-state index contributed by atoms with van der Waals surface area (Å²) in [6, 6.07) is 25.5. The van der Waals surface area contributed by atoms with Crippen molar-refractivity contribution in [3.05, 3.63) is 100 Å². The van der Waals surface area contributed by atoms with Gasteiger partial charge in [-0.25, -0.2) is 4.98 Å². The Morgan fingerprint density at radius 3 is 2.52 bits per heavy atom. The number of thiazole rings is 1. The van der Waals surface area contributed by atoms with Crippen LogP contribution in [0.4, 0.5) is 5.13 Å². The van der Waals surface area contributed by atoms with E-state index in [0.29, 0.717) is 11.6 Å². The summed E-state index contributed by atoms with van der Waals surface area (Å²) >= 11 is 7.67. The van der Waals surface area contributed by atoms with Gasteiger partial charge in [-0.1, -0.05) is 60.1 Å². The summed E-state index contributed by atoms with van der Waals surface area (Å²) in [5.41, 5.74) is 6.93. The lowest BCUT2D eigenvalue weighted by molar-refractivity contribution is 0.306. The molecule has 0 radical (unpaired) electrons. The summed E-state index contributed by atoms with van der Waals surface area (Å²) in [5.74, 6) is 0.780. The van der Waals surface area contributed by atoms with Crippen molar-refractivity contribution in [2.75, 3.05) is 5.43 Å². The Kier molecular flexibility index (Phi) is 6.19. The highest BCUT2D eigenvalue weighted by atomic mass is 35.5. The van der Waals surface area contributed by atoms with Gasteiger partial charge in [-0.05, 0) is 35.9 Å². The van der Waals surface area contributed by atoms with Gasteiger partial charge in [0.05, 0.1) is 11.9 Å². The number of halogens is 1. The van der Waals surface area contributed by atoms with E-state index < -0.39 is 0 Å². The number of hydrazone groups is 1. The highest BCUT2D eigenvalue weighted by Gasteiger charge is 2.03. The molecule has 4 nitrogen and oxygen atoms in total. The third-order valence-electron chi connectivity index (χ3n) is 4.18. The molecular formula is C23H18ClN3OS. The quantitative estimate of drug-likeness (QED) is 0.275. The third-order valence-corrected chi connectivity index (χ3v) is 5.30. The van der Waals surface area contributed by atoms with Crippen LogP contribution in [0.2, 0.25) is 5.02 Å². The van der Waals surface area contributed by atoms with E-state index in [2.05, 4.69) is 15.5 Å². The molecule has 4 rings (SSSR count). The number of nitrogens with zero attached hydrogens (tertiary/aromatic N) is 2. The van der Waals surface area contributed by atoms with Gasteiger partial charge in [-0.3, -0.25) is 5.43 Å². The lowest BCUT2D eigenvalue weighted by atomic mass is 10.2. The van der Waals surface area contributed by atoms with Gasteiger partial charge in [0.2, 0.25) is 5.13 Å². The largest absolute Gasteiger partial charge is 0.489 e. The van der Waals surface area contributed by atoms with Crippen molar-refractivity contribution in [2.45, 2.75) is 6.61 Å².